The molecule has 0 bridgehead atoms. The molecule has 170 valence electrons. The summed E-state index contributed by atoms with van der Waals surface area (Å²) in [4.78, 5) is 17.3. The molecule has 0 aliphatic heterocycles. The van der Waals surface area contributed by atoms with E-state index in [0.29, 0.717) is 31.7 Å². The van der Waals surface area contributed by atoms with Gasteiger partial charge >= 0.3 is 0 Å². The number of benzene rings is 3. The molecule has 1 aromatic heterocycles. The van der Waals surface area contributed by atoms with Gasteiger partial charge < -0.3 is 19.4 Å². The maximum atomic E-state index is 12.5. The van der Waals surface area contributed by atoms with Crippen molar-refractivity contribution in [3.05, 3.63) is 89.2 Å². The summed E-state index contributed by atoms with van der Waals surface area (Å²) in [5.41, 5.74) is 4.88. The van der Waals surface area contributed by atoms with E-state index >= 15 is 0 Å². The van der Waals surface area contributed by atoms with Gasteiger partial charge in [-0.25, -0.2) is 4.98 Å². The van der Waals surface area contributed by atoms with Crippen molar-refractivity contribution in [2.24, 2.45) is 0 Å². The average Bonchev–Trinajstić information content (AvgIpc) is 3.18. The van der Waals surface area contributed by atoms with Crippen molar-refractivity contribution >= 4 is 16.9 Å². The molecule has 0 spiro atoms. The van der Waals surface area contributed by atoms with Gasteiger partial charge in [-0.3, -0.25) is 4.79 Å². The molecule has 3 aromatic carbocycles. The van der Waals surface area contributed by atoms with Crippen LogP contribution in [-0.2, 0) is 13.0 Å². The number of para-hydroxylation sites is 3. The number of aryl methyl sites for hydroxylation is 2. The Bertz CT molecular complexity index is 1230. The van der Waals surface area contributed by atoms with Gasteiger partial charge in [0, 0.05) is 18.5 Å². The molecule has 4 aromatic rings. The summed E-state index contributed by atoms with van der Waals surface area (Å²) in [6.07, 6.45) is 0.625. The molecule has 1 N–H and O–H groups in total. The second-order valence-corrected chi connectivity index (χ2v) is 7.97. The molecule has 0 unspecified atom stereocenters. The summed E-state index contributed by atoms with van der Waals surface area (Å²) in [5, 5.41) is 2.99. The number of methoxy groups -OCH3 is 1. The SMILES string of the molecule is COc1ccc(C(=O)NCCc2nc3ccccc3n2CCOc2c(C)cccc2C)cc1. The van der Waals surface area contributed by atoms with Crippen LogP contribution in [0.3, 0.4) is 0 Å². The molecule has 4 rings (SSSR count). The van der Waals surface area contributed by atoms with Crippen molar-refractivity contribution in [3.63, 3.8) is 0 Å². The summed E-state index contributed by atoms with van der Waals surface area (Å²) in [7, 11) is 1.61. The maximum Gasteiger partial charge on any atom is 0.251 e. The van der Waals surface area contributed by atoms with Gasteiger partial charge in [-0.1, -0.05) is 30.3 Å². The summed E-state index contributed by atoms with van der Waals surface area (Å²) in [6, 6.07) is 21.3. The van der Waals surface area contributed by atoms with E-state index < -0.39 is 0 Å². The molecule has 0 saturated heterocycles. The minimum absolute atomic E-state index is 0.112. The van der Waals surface area contributed by atoms with E-state index in [1.54, 1.807) is 31.4 Å². The van der Waals surface area contributed by atoms with Crippen LogP contribution >= 0.6 is 0 Å². The van der Waals surface area contributed by atoms with E-state index in [4.69, 9.17) is 14.5 Å². The molecule has 0 radical (unpaired) electrons. The standard InChI is InChI=1S/C27H29N3O3/c1-19-7-6-8-20(2)26(19)33-18-17-30-24-10-5-4-9-23(24)29-25(30)15-16-28-27(31)21-11-13-22(32-3)14-12-21/h4-14H,15-18H2,1-3H3,(H,28,31). The molecule has 1 amide bonds. The predicted octanol–water partition coefficient (Wildman–Crippen LogP) is 4.71. The Morgan fingerprint density at radius 1 is 0.970 bits per heavy atom. The number of carbonyl (C=O) groups is 1. The largest absolute Gasteiger partial charge is 0.497 e. The van der Waals surface area contributed by atoms with E-state index in [1.807, 2.05) is 24.3 Å². The van der Waals surface area contributed by atoms with Gasteiger partial charge in [0.25, 0.3) is 5.91 Å². The first-order chi connectivity index (χ1) is 16.1. The fraction of sp³-hybridized carbons (Fsp3) is 0.259. The number of carbonyl (C=O) groups excluding carboxylic acids is 1. The van der Waals surface area contributed by atoms with Crippen molar-refractivity contribution in [2.45, 2.75) is 26.8 Å². The normalized spacial score (nSPS) is 10.9. The predicted molar refractivity (Wildman–Crippen MR) is 130 cm³/mol. The second kappa shape index (κ2) is 10.2. The van der Waals surface area contributed by atoms with Crippen LogP contribution < -0.4 is 14.8 Å². The minimum Gasteiger partial charge on any atom is -0.497 e. The van der Waals surface area contributed by atoms with Crippen LogP contribution in [0.25, 0.3) is 11.0 Å². The van der Waals surface area contributed by atoms with Gasteiger partial charge in [0.05, 0.1) is 24.7 Å². The van der Waals surface area contributed by atoms with Crippen molar-refractivity contribution < 1.29 is 14.3 Å². The number of nitrogens with zero attached hydrogens (tertiary/aromatic N) is 2. The minimum atomic E-state index is -0.112. The zero-order valence-corrected chi connectivity index (χ0v) is 19.3. The number of aromatic nitrogens is 2. The van der Waals surface area contributed by atoms with Crippen molar-refractivity contribution in [1.29, 1.82) is 0 Å². The number of amides is 1. The number of imidazole rings is 1. The Morgan fingerprint density at radius 2 is 1.70 bits per heavy atom. The molecule has 0 atom stereocenters. The molecular formula is C27H29N3O3. The molecule has 0 aliphatic rings. The summed E-state index contributed by atoms with van der Waals surface area (Å²) in [6.45, 7) is 5.83. The monoisotopic (exact) mass is 443 g/mol. The molecule has 0 fully saturated rings. The molecule has 1 heterocycles. The lowest BCUT2D eigenvalue weighted by Crippen LogP contribution is -2.26. The number of ether oxygens (including phenoxy) is 2. The summed E-state index contributed by atoms with van der Waals surface area (Å²) >= 11 is 0. The van der Waals surface area contributed by atoms with Crippen molar-refractivity contribution in [1.82, 2.24) is 14.9 Å². The Kier molecular flexibility index (Phi) is 6.93. The molecule has 0 saturated carbocycles. The second-order valence-electron chi connectivity index (χ2n) is 7.97. The lowest BCUT2D eigenvalue weighted by Gasteiger charge is -2.14. The Hall–Kier alpha value is -3.80. The third kappa shape index (κ3) is 5.17. The topological polar surface area (TPSA) is 65.4 Å². The van der Waals surface area contributed by atoms with E-state index in [9.17, 15) is 4.79 Å². The highest BCUT2D eigenvalue weighted by Gasteiger charge is 2.12. The van der Waals surface area contributed by atoms with Gasteiger partial charge in [0.1, 0.15) is 23.9 Å². The number of hydrogen-bond acceptors (Lipinski definition) is 4. The highest BCUT2D eigenvalue weighted by molar-refractivity contribution is 5.94. The van der Waals surface area contributed by atoms with Crippen LogP contribution in [0.1, 0.15) is 27.3 Å². The fourth-order valence-electron chi connectivity index (χ4n) is 3.96. The van der Waals surface area contributed by atoms with E-state index in [2.05, 4.69) is 41.9 Å². The number of fused-ring (bicyclic) bond motifs is 1. The van der Waals surface area contributed by atoms with Gasteiger partial charge in [-0.05, 0) is 61.4 Å². The number of hydrogen-bond donors (Lipinski definition) is 1. The third-order valence-corrected chi connectivity index (χ3v) is 5.69. The van der Waals surface area contributed by atoms with E-state index in [1.165, 1.54) is 0 Å². The molecule has 6 heteroatoms. The maximum absolute atomic E-state index is 12.5. The van der Waals surface area contributed by atoms with Gasteiger partial charge in [0.2, 0.25) is 0 Å². The molecular weight excluding hydrogens is 414 g/mol. The Balaban J connectivity index is 1.42. The number of nitrogens with one attached hydrogen (secondary N) is 1. The highest BCUT2D eigenvalue weighted by atomic mass is 16.5. The summed E-state index contributed by atoms with van der Waals surface area (Å²) < 4.78 is 13.5. The Labute approximate surface area is 194 Å². The lowest BCUT2D eigenvalue weighted by molar-refractivity contribution is 0.0954. The van der Waals surface area contributed by atoms with Crippen molar-refractivity contribution in [3.8, 4) is 11.5 Å². The third-order valence-electron chi connectivity index (χ3n) is 5.69. The van der Waals surface area contributed by atoms with Crippen LogP contribution in [0.15, 0.2) is 66.7 Å². The lowest BCUT2D eigenvalue weighted by atomic mass is 10.1. The van der Waals surface area contributed by atoms with Crippen LogP contribution in [-0.4, -0.2) is 35.7 Å². The zero-order valence-electron chi connectivity index (χ0n) is 19.3. The van der Waals surface area contributed by atoms with Gasteiger partial charge in [-0.2, -0.15) is 0 Å². The smallest absolute Gasteiger partial charge is 0.251 e. The molecule has 0 aliphatic carbocycles. The van der Waals surface area contributed by atoms with Crippen LogP contribution in [0.5, 0.6) is 11.5 Å². The Morgan fingerprint density at radius 3 is 2.42 bits per heavy atom. The molecule has 6 nitrogen and oxygen atoms in total. The fourth-order valence-corrected chi connectivity index (χ4v) is 3.96. The summed E-state index contributed by atoms with van der Waals surface area (Å²) in [5.74, 6) is 2.48. The van der Waals surface area contributed by atoms with Crippen molar-refractivity contribution in [2.75, 3.05) is 20.3 Å². The first-order valence-corrected chi connectivity index (χ1v) is 11.1. The van der Waals surface area contributed by atoms with Gasteiger partial charge in [0.15, 0.2) is 0 Å². The molecule has 33 heavy (non-hydrogen) atoms. The van der Waals surface area contributed by atoms with Crippen LogP contribution in [0.4, 0.5) is 0 Å². The highest BCUT2D eigenvalue weighted by Crippen LogP contribution is 2.23. The van der Waals surface area contributed by atoms with E-state index in [0.717, 1.165) is 39.5 Å². The zero-order chi connectivity index (χ0) is 23.2. The van der Waals surface area contributed by atoms with E-state index in [-0.39, 0.29) is 5.91 Å². The van der Waals surface area contributed by atoms with Crippen LogP contribution in [0.2, 0.25) is 0 Å². The first kappa shape index (κ1) is 22.4. The number of rotatable bonds is 9. The average molecular weight is 444 g/mol. The quantitative estimate of drug-likeness (QED) is 0.407. The van der Waals surface area contributed by atoms with Gasteiger partial charge in [-0.15, -0.1) is 0 Å². The first-order valence-electron chi connectivity index (χ1n) is 11.1. The van der Waals surface area contributed by atoms with Crippen LogP contribution in [0, 0.1) is 13.8 Å².